The van der Waals surface area contributed by atoms with E-state index in [4.69, 9.17) is 9.68 Å². The molecule has 1 aromatic carbocycles. The van der Waals surface area contributed by atoms with E-state index in [0.717, 1.165) is 30.9 Å². The Hall–Kier alpha value is -2.58. The summed E-state index contributed by atoms with van der Waals surface area (Å²) in [5, 5.41) is 11.8. The van der Waals surface area contributed by atoms with Gasteiger partial charge >= 0.3 is 0 Å². The molecule has 1 aromatic heterocycles. The maximum atomic E-state index is 12.5. The standard InChI is InChI=1S/C19H21N3O2/c1-13-5-6-15(12-22-7-3-4-8-22)9-18(13)21-19(23)17-10-16(11-20)24-14(17)2/h5-6,9-10H,3-4,7-8,12H2,1-2H3,(H,21,23). The van der Waals surface area contributed by atoms with Crippen LogP contribution < -0.4 is 5.32 Å². The molecule has 1 N–H and O–H groups in total. The lowest BCUT2D eigenvalue weighted by atomic mass is 10.1. The quantitative estimate of drug-likeness (QED) is 0.933. The Balaban J connectivity index is 1.77. The zero-order valence-corrected chi connectivity index (χ0v) is 14.1. The lowest BCUT2D eigenvalue weighted by Crippen LogP contribution is -2.19. The number of anilines is 1. The molecule has 0 spiro atoms. The Morgan fingerprint density at radius 2 is 2.04 bits per heavy atom. The van der Waals surface area contributed by atoms with Crippen molar-refractivity contribution in [2.45, 2.75) is 33.2 Å². The Morgan fingerprint density at radius 3 is 2.71 bits per heavy atom. The maximum Gasteiger partial charge on any atom is 0.259 e. The van der Waals surface area contributed by atoms with Crippen molar-refractivity contribution < 1.29 is 9.21 Å². The van der Waals surface area contributed by atoms with Crippen molar-refractivity contribution in [2.75, 3.05) is 18.4 Å². The number of furan rings is 1. The number of hydrogen-bond donors (Lipinski definition) is 1. The maximum absolute atomic E-state index is 12.5. The van der Waals surface area contributed by atoms with Crippen LogP contribution in [0.15, 0.2) is 28.7 Å². The molecule has 2 aromatic rings. The fraction of sp³-hybridized carbons (Fsp3) is 0.368. The molecule has 0 atom stereocenters. The largest absolute Gasteiger partial charge is 0.450 e. The van der Waals surface area contributed by atoms with Crippen LogP contribution >= 0.6 is 0 Å². The number of amides is 1. The first-order chi connectivity index (χ1) is 11.6. The minimum atomic E-state index is -0.251. The van der Waals surface area contributed by atoms with Gasteiger partial charge in [0.25, 0.3) is 5.91 Å². The molecule has 1 fully saturated rings. The predicted molar refractivity (Wildman–Crippen MR) is 91.8 cm³/mol. The van der Waals surface area contributed by atoms with Gasteiger partial charge in [-0.05, 0) is 57.0 Å². The third-order valence-electron chi connectivity index (χ3n) is 4.43. The van der Waals surface area contributed by atoms with Gasteiger partial charge in [0.1, 0.15) is 11.8 Å². The predicted octanol–water partition coefficient (Wildman–Crippen LogP) is 3.62. The molecule has 1 amide bonds. The molecular formula is C19H21N3O2. The molecule has 0 saturated carbocycles. The van der Waals surface area contributed by atoms with Gasteiger partial charge in [-0.3, -0.25) is 9.69 Å². The van der Waals surface area contributed by atoms with Crippen LogP contribution in [0.3, 0.4) is 0 Å². The number of likely N-dealkylation sites (tertiary alicyclic amines) is 1. The molecule has 124 valence electrons. The monoisotopic (exact) mass is 323 g/mol. The lowest BCUT2D eigenvalue weighted by molar-refractivity contribution is 0.102. The molecule has 0 radical (unpaired) electrons. The summed E-state index contributed by atoms with van der Waals surface area (Å²) in [6.45, 7) is 6.85. The van der Waals surface area contributed by atoms with Crippen LogP contribution in [-0.4, -0.2) is 23.9 Å². The molecule has 5 nitrogen and oxygen atoms in total. The van der Waals surface area contributed by atoms with Crippen molar-refractivity contribution in [2.24, 2.45) is 0 Å². The normalized spacial score (nSPS) is 14.5. The highest BCUT2D eigenvalue weighted by molar-refractivity contribution is 6.05. The first-order valence-corrected chi connectivity index (χ1v) is 8.20. The summed E-state index contributed by atoms with van der Waals surface area (Å²) in [6.07, 6.45) is 2.52. The van der Waals surface area contributed by atoms with Crippen molar-refractivity contribution in [3.63, 3.8) is 0 Å². The van der Waals surface area contributed by atoms with E-state index < -0.39 is 0 Å². The van der Waals surface area contributed by atoms with Gasteiger partial charge in [-0.15, -0.1) is 0 Å². The second-order valence-corrected chi connectivity index (χ2v) is 6.28. The van der Waals surface area contributed by atoms with Gasteiger partial charge in [0.15, 0.2) is 0 Å². The van der Waals surface area contributed by atoms with Gasteiger partial charge in [0.2, 0.25) is 5.76 Å². The summed E-state index contributed by atoms with van der Waals surface area (Å²) in [5.74, 6) is 0.353. The topological polar surface area (TPSA) is 69.3 Å². The number of carbonyl (C=O) groups excluding carboxylic acids is 1. The van der Waals surface area contributed by atoms with Gasteiger partial charge in [0.05, 0.1) is 5.56 Å². The average Bonchev–Trinajstić information content (AvgIpc) is 3.20. The van der Waals surface area contributed by atoms with Crippen LogP contribution in [0.25, 0.3) is 0 Å². The van der Waals surface area contributed by atoms with Crippen LogP contribution in [-0.2, 0) is 6.54 Å². The van der Waals surface area contributed by atoms with E-state index in [0.29, 0.717) is 11.3 Å². The van der Waals surface area contributed by atoms with E-state index in [1.54, 1.807) is 6.92 Å². The summed E-state index contributed by atoms with van der Waals surface area (Å²) >= 11 is 0. The van der Waals surface area contributed by atoms with Gasteiger partial charge < -0.3 is 9.73 Å². The molecule has 5 heteroatoms. The van der Waals surface area contributed by atoms with Crippen LogP contribution in [0.2, 0.25) is 0 Å². The Bertz CT molecular complexity index is 795. The fourth-order valence-corrected chi connectivity index (χ4v) is 3.05. The minimum Gasteiger partial charge on any atom is -0.450 e. The van der Waals surface area contributed by atoms with E-state index in [-0.39, 0.29) is 11.7 Å². The summed E-state index contributed by atoms with van der Waals surface area (Å²) in [6, 6.07) is 9.57. The van der Waals surface area contributed by atoms with Crippen molar-refractivity contribution >= 4 is 11.6 Å². The molecule has 2 heterocycles. The van der Waals surface area contributed by atoms with Crippen molar-refractivity contribution in [1.82, 2.24) is 4.90 Å². The van der Waals surface area contributed by atoms with E-state index in [1.807, 2.05) is 25.1 Å². The summed E-state index contributed by atoms with van der Waals surface area (Å²) in [4.78, 5) is 14.9. The smallest absolute Gasteiger partial charge is 0.259 e. The summed E-state index contributed by atoms with van der Waals surface area (Å²) in [7, 11) is 0. The van der Waals surface area contributed by atoms with Crippen LogP contribution in [0.5, 0.6) is 0 Å². The van der Waals surface area contributed by atoms with Crippen LogP contribution in [0.1, 0.15) is 45.8 Å². The highest BCUT2D eigenvalue weighted by atomic mass is 16.3. The highest BCUT2D eigenvalue weighted by Crippen LogP contribution is 2.22. The van der Waals surface area contributed by atoms with Crippen molar-refractivity contribution in [3.05, 3.63) is 52.5 Å². The van der Waals surface area contributed by atoms with Crippen LogP contribution in [0, 0.1) is 25.2 Å². The van der Waals surface area contributed by atoms with Crippen molar-refractivity contribution in [1.29, 1.82) is 5.26 Å². The van der Waals surface area contributed by atoms with E-state index in [9.17, 15) is 4.79 Å². The zero-order valence-electron chi connectivity index (χ0n) is 14.1. The molecule has 3 rings (SSSR count). The molecule has 24 heavy (non-hydrogen) atoms. The Labute approximate surface area is 141 Å². The molecule has 0 bridgehead atoms. The molecular weight excluding hydrogens is 302 g/mol. The highest BCUT2D eigenvalue weighted by Gasteiger charge is 2.17. The first-order valence-electron chi connectivity index (χ1n) is 8.20. The summed E-state index contributed by atoms with van der Waals surface area (Å²) in [5.41, 5.74) is 3.40. The average molecular weight is 323 g/mol. The number of aryl methyl sites for hydroxylation is 2. The molecule has 0 unspecified atom stereocenters. The van der Waals surface area contributed by atoms with Gasteiger partial charge in [-0.25, -0.2) is 0 Å². The van der Waals surface area contributed by atoms with E-state index in [1.165, 1.54) is 24.5 Å². The molecule has 0 aliphatic carbocycles. The van der Waals surface area contributed by atoms with Gasteiger partial charge in [-0.2, -0.15) is 5.26 Å². The van der Waals surface area contributed by atoms with E-state index in [2.05, 4.69) is 16.3 Å². The van der Waals surface area contributed by atoms with E-state index >= 15 is 0 Å². The third kappa shape index (κ3) is 3.50. The lowest BCUT2D eigenvalue weighted by Gasteiger charge is -2.16. The number of nitriles is 1. The zero-order chi connectivity index (χ0) is 17.1. The minimum absolute atomic E-state index is 0.150. The number of rotatable bonds is 4. The number of hydrogen-bond acceptors (Lipinski definition) is 4. The second-order valence-electron chi connectivity index (χ2n) is 6.28. The third-order valence-corrected chi connectivity index (χ3v) is 4.43. The van der Waals surface area contributed by atoms with Crippen molar-refractivity contribution in [3.8, 4) is 6.07 Å². The SMILES string of the molecule is Cc1ccc(CN2CCCC2)cc1NC(=O)c1cc(C#N)oc1C. The Kier molecular flexibility index (Phi) is 4.68. The first kappa shape index (κ1) is 16.3. The summed E-state index contributed by atoms with van der Waals surface area (Å²) < 4.78 is 5.24. The molecule has 1 aliphatic heterocycles. The second kappa shape index (κ2) is 6.90. The number of nitrogens with zero attached hydrogens (tertiary/aromatic N) is 2. The fourth-order valence-electron chi connectivity index (χ4n) is 3.05. The number of nitrogens with one attached hydrogen (secondary N) is 1. The van der Waals surface area contributed by atoms with Crippen LogP contribution in [0.4, 0.5) is 5.69 Å². The molecule has 1 aliphatic rings. The Morgan fingerprint density at radius 1 is 1.29 bits per heavy atom. The molecule has 1 saturated heterocycles. The number of carbonyl (C=O) groups is 1. The van der Waals surface area contributed by atoms with Gasteiger partial charge in [-0.1, -0.05) is 12.1 Å². The number of benzene rings is 1. The van der Waals surface area contributed by atoms with Gasteiger partial charge in [0, 0.05) is 18.3 Å².